The third kappa shape index (κ3) is 4.23. The largest absolute Gasteiger partial charge is 0.467 e. The molecule has 0 bridgehead atoms. The highest BCUT2D eigenvalue weighted by molar-refractivity contribution is 5.78. The van der Waals surface area contributed by atoms with Crippen molar-refractivity contribution >= 4 is 5.97 Å². The van der Waals surface area contributed by atoms with Gasteiger partial charge in [0.05, 0.1) is 12.7 Å². The van der Waals surface area contributed by atoms with E-state index in [1.807, 2.05) is 0 Å². The number of ether oxygens (including phenoxy) is 2. The molecule has 6 heteroatoms. The van der Waals surface area contributed by atoms with Crippen molar-refractivity contribution in [2.24, 2.45) is 0 Å². The molecule has 0 aromatic carbocycles. The lowest BCUT2D eigenvalue weighted by molar-refractivity contribution is -0.160. The fourth-order valence-corrected chi connectivity index (χ4v) is 1.76. The van der Waals surface area contributed by atoms with Gasteiger partial charge in [0.15, 0.2) is 5.60 Å². The molecule has 0 saturated carbocycles. The van der Waals surface area contributed by atoms with Crippen molar-refractivity contribution in [1.29, 1.82) is 0 Å². The van der Waals surface area contributed by atoms with Gasteiger partial charge in [0.2, 0.25) is 0 Å². The van der Waals surface area contributed by atoms with Crippen LogP contribution in [0.1, 0.15) is 19.8 Å². The Kier molecular flexibility index (Phi) is 4.88. The maximum Gasteiger partial charge on any atom is 0.338 e. The number of hydrogen-bond acceptors (Lipinski definition) is 6. The first-order valence-electron chi connectivity index (χ1n) is 5.71. The second-order valence-corrected chi connectivity index (χ2v) is 4.71. The van der Waals surface area contributed by atoms with E-state index in [-0.39, 0.29) is 6.54 Å². The molecule has 6 nitrogen and oxygen atoms in total. The summed E-state index contributed by atoms with van der Waals surface area (Å²) in [4.78, 5) is 11.2. The van der Waals surface area contributed by atoms with E-state index in [2.05, 4.69) is 10.1 Å². The highest BCUT2D eigenvalue weighted by Crippen LogP contribution is 2.19. The first-order chi connectivity index (χ1) is 7.90. The Hall–Kier alpha value is -0.690. The van der Waals surface area contributed by atoms with Crippen molar-refractivity contribution in [1.82, 2.24) is 5.32 Å². The molecule has 1 aliphatic rings. The minimum atomic E-state index is -1.57. The van der Waals surface area contributed by atoms with Crippen LogP contribution in [0, 0.1) is 0 Å². The van der Waals surface area contributed by atoms with E-state index in [0.717, 1.165) is 0 Å². The van der Waals surface area contributed by atoms with Gasteiger partial charge in [0.1, 0.15) is 0 Å². The van der Waals surface area contributed by atoms with Gasteiger partial charge in [-0.1, -0.05) is 0 Å². The molecule has 1 unspecified atom stereocenters. The molecule has 1 atom stereocenters. The van der Waals surface area contributed by atoms with E-state index >= 15 is 0 Å². The van der Waals surface area contributed by atoms with Gasteiger partial charge in [-0.2, -0.15) is 0 Å². The number of aliphatic hydroxyl groups is 2. The third-order valence-corrected chi connectivity index (χ3v) is 2.97. The first kappa shape index (κ1) is 14.4. The normalized spacial score (nSPS) is 22.8. The van der Waals surface area contributed by atoms with Crippen LogP contribution in [-0.2, 0) is 14.3 Å². The molecular weight excluding hydrogens is 226 g/mol. The predicted molar refractivity (Wildman–Crippen MR) is 60.5 cm³/mol. The molecule has 1 aliphatic heterocycles. The van der Waals surface area contributed by atoms with Crippen molar-refractivity contribution < 1.29 is 24.5 Å². The zero-order valence-corrected chi connectivity index (χ0v) is 10.4. The Morgan fingerprint density at radius 3 is 2.65 bits per heavy atom. The highest BCUT2D eigenvalue weighted by Gasteiger charge is 2.34. The second kappa shape index (κ2) is 5.77. The summed E-state index contributed by atoms with van der Waals surface area (Å²) in [6.07, 6.45) is 1.11. The Labute approximate surface area is 101 Å². The maximum atomic E-state index is 11.2. The molecule has 17 heavy (non-hydrogen) atoms. The number of methoxy groups -OCH3 is 1. The summed E-state index contributed by atoms with van der Waals surface area (Å²) in [5.74, 6) is -0.691. The molecule has 1 rings (SSSR count). The molecule has 0 spiro atoms. The lowest BCUT2D eigenvalue weighted by Gasteiger charge is -2.33. The predicted octanol–water partition coefficient (Wildman–Crippen LogP) is -0.958. The summed E-state index contributed by atoms with van der Waals surface area (Å²) < 4.78 is 9.63. The van der Waals surface area contributed by atoms with Crippen molar-refractivity contribution in [2.75, 3.05) is 33.4 Å². The Balaban J connectivity index is 2.33. The molecule has 0 aliphatic carbocycles. The minimum absolute atomic E-state index is 0.0445. The average molecular weight is 247 g/mol. The summed E-state index contributed by atoms with van der Waals surface area (Å²) in [5.41, 5.74) is -2.39. The zero-order chi connectivity index (χ0) is 12.9. The Bertz CT molecular complexity index is 261. The van der Waals surface area contributed by atoms with Crippen molar-refractivity contribution in [3.8, 4) is 0 Å². The highest BCUT2D eigenvalue weighted by atomic mass is 16.5. The molecule has 0 aromatic rings. The third-order valence-electron chi connectivity index (χ3n) is 2.97. The van der Waals surface area contributed by atoms with Crippen LogP contribution in [0.4, 0.5) is 0 Å². The van der Waals surface area contributed by atoms with E-state index in [9.17, 15) is 15.0 Å². The molecule has 3 N–H and O–H groups in total. The van der Waals surface area contributed by atoms with E-state index < -0.39 is 17.2 Å². The quantitative estimate of drug-likeness (QED) is 0.542. The lowest BCUT2D eigenvalue weighted by atomic mass is 9.94. The standard InChI is InChI=1S/C11H21NO5/c1-10(14,9(13)16-2)7-12-8-11(15)3-5-17-6-4-11/h12,14-15H,3-8H2,1-2H3. The van der Waals surface area contributed by atoms with Crippen LogP contribution < -0.4 is 5.32 Å². The van der Waals surface area contributed by atoms with Gasteiger partial charge in [-0.3, -0.25) is 0 Å². The van der Waals surface area contributed by atoms with Crippen molar-refractivity contribution in [3.05, 3.63) is 0 Å². The Morgan fingerprint density at radius 1 is 1.53 bits per heavy atom. The lowest BCUT2D eigenvalue weighted by Crippen LogP contribution is -2.51. The van der Waals surface area contributed by atoms with Crippen LogP contribution in [0.5, 0.6) is 0 Å². The van der Waals surface area contributed by atoms with Crippen LogP contribution in [0.2, 0.25) is 0 Å². The number of nitrogens with one attached hydrogen (secondary N) is 1. The molecule has 1 saturated heterocycles. The fourth-order valence-electron chi connectivity index (χ4n) is 1.76. The molecule has 100 valence electrons. The number of carbonyl (C=O) groups excluding carboxylic acids is 1. The first-order valence-corrected chi connectivity index (χ1v) is 5.71. The minimum Gasteiger partial charge on any atom is -0.467 e. The summed E-state index contributed by atoms with van der Waals surface area (Å²) in [5, 5.41) is 22.8. The summed E-state index contributed by atoms with van der Waals surface area (Å²) >= 11 is 0. The number of esters is 1. The summed E-state index contributed by atoms with van der Waals surface area (Å²) in [6, 6.07) is 0. The zero-order valence-electron chi connectivity index (χ0n) is 10.4. The Morgan fingerprint density at radius 2 is 2.12 bits per heavy atom. The molecule has 1 heterocycles. The number of rotatable bonds is 5. The fraction of sp³-hybridized carbons (Fsp3) is 0.909. The van der Waals surface area contributed by atoms with Crippen LogP contribution in [0.25, 0.3) is 0 Å². The smallest absolute Gasteiger partial charge is 0.338 e. The summed E-state index contributed by atoms with van der Waals surface area (Å²) in [7, 11) is 1.23. The number of hydrogen-bond donors (Lipinski definition) is 3. The van der Waals surface area contributed by atoms with Gasteiger partial charge in [0.25, 0.3) is 0 Å². The second-order valence-electron chi connectivity index (χ2n) is 4.71. The van der Waals surface area contributed by atoms with Crippen LogP contribution in [-0.4, -0.2) is 60.8 Å². The molecular formula is C11H21NO5. The van der Waals surface area contributed by atoms with E-state index in [4.69, 9.17) is 4.74 Å². The maximum absolute atomic E-state index is 11.2. The monoisotopic (exact) mass is 247 g/mol. The average Bonchev–Trinajstić information content (AvgIpc) is 2.28. The molecule has 1 fully saturated rings. The molecule has 0 aromatic heterocycles. The topological polar surface area (TPSA) is 88.0 Å². The van der Waals surface area contributed by atoms with Gasteiger partial charge in [-0.05, 0) is 6.92 Å². The van der Waals surface area contributed by atoms with E-state index in [1.165, 1.54) is 14.0 Å². The molecule has 0 radical (unpaired) electrons. The van der Waals surface area contributed by atoms with Gasteiger partial charge in [-0.15, -0.1) is 0 Å². The van der Waals surface area contributed by atoms with Crippen LogP contribution in [0.15, 0.2) is 0 Å². The van der Waals surface area contributed by atoms with Crippen molar-refractivity contribution in [3.63, 3.8) is 0 Å². The SMILES string of the molecule is COC(=O)C(C)(O)CNCC1(O)CCOCC1. The summed E-state index contributed by atoms with van der Waals surface area (Å²) in [6.45, 7) is 2.81. The van der Waals surface area contributed by atoms with Crippen molar-refractivity contribution in [2.45, 2.75) is 31.0 Å². The van der Waals surface area contributed by atoms with Gasteiger partial charge >= 0.3 is 5.97 Å². The number of carbonyl (C=O) groups is 1. The van der Waals surface area contributed by atoms with Gasteiger partial charge in [0, 0.05) is 39.1 Å². The van der Waals surface area contributed by atoms with E-state index in [1.54, 1.807) is 0 Å². The van der Waals surface area contributed by atoms with E-state index in [0.29, 0.717) is 32.6 Å². The van der Waals surface area contributed by atoms with Gasteiger partial charge in [-0.25, -0.2) is 4.79 Å². The van der Waals surface area contributed by atoms with Crippen LogP contribution in [0.3, 0.4) is 0 Å². The van der Waals surface area contributed by atoms with Crippen LogP contribution >= 0.6 is 0 Å². The molecule has 0 amide bonds. The van der Waals surface area contributed by atoms with Gasteiger partial charge < -0.3 is 25.0 Å².